The van der Waals surface area contributed by atoms with Gasteiger partial charge in [0.2, 0.25) is 5.82 Å². The number of tetrazole rings is 1. The molecule has 0 saturated heterocycles. The molecule has 2 heterocycles. The Bertz CT molecular complexity index is 568. The minimum Gasteiger partial charge on any atom is -0.271 e. The number of nitrogens with zero attached hydrogens (tertiary/aromatic N) is 4. The quantitative estimate of drug-likeness (QED) is 0.834. The molecule has 0 fully saturated rings. The van der Waals surface area contributed by atoms with Crippen molar-refractivity contribution in [3.63, 3.8) is 0 Å². The Kier molecular flexibility index (Phi) is 4.29. The summed E-state index contributed by atoms with van der Waals surface area (Å²) >= 11 is 1.40. The number of nitrogens with one attached hydrogen (secondary N) is 1. The number of carbonyl (C=O) groups is 1. The predicted molar refractivity (Wildman–Crippen MR) is 61.3 cm³/mol. The van der Waals surface area contributed by atoms with E-state index in [4.69, 9.17) is 0 Å². The fraction of sp³-hybridized carbons (Fsp3) is 0.333. The molecule has 11 heteroatoms. The highest BCUT2D eigenvalue weighted by Crippen LogP contribution is 2.19. The van der Waals surface area contributed by atoms with Crippen molar-refractivity contribution in [2.75, 3.05) is 6.61 Å². The zero-order chi connectivity index (χ0) is 14.6. The Morgan fingerprint density at radius 1 is 1.50 bits per heavy atom. The number of alkyl halides is 3. The van der Waals surface area contributed by atoms with Crippen LogP contribution in [-0.2, 0) is 16.2 Å². The largest absolute Gasteiger partial charge is 0.414 e. The summed E-state index contributed by atoms with van der Waals surface area (Å²) in [5, 5.41) is 13.1. The van der Waals surface area contributed by atoms with Gasteiger partial charge in [-0.3, -0.25) is 9.63 Å². The molecule has 7 nitrogen and oxygen atoms in total. The summed E-state index contributed by atoms with van der Waals surface area (Å²) in [6, 6.07) is 3.58. The highest BCUT2D eigenvalue weighted by molar-refractivity contribution is 7.13. The monoisotopic (exact) mass is 307 g/mol. The fourth-order valence-corrected chi connectivity index (χ4v) is 1.82. The summed E-state index contributed by atoms with van der Waals surface area (Å²) in [5.74, 6) is -0.478. The third-order valence-corrected chi connectivity index (χ3v) is 2.77. The van der Waals surface area contributed by atoms with Gasteiger partial charge in [-0.25, -0.2) is 5.48 Å². The predicted octanol–water partition coefficient (Wildman–Crippen LogP) is 1.01. The van der Waals surface area contributed by atoms with Gasteiger partial charge in [0.25, 0.3) is 5.91 Å². The summed E-state index contributed by atoms with van der Waals surface area (Å²) in [6.07, 6.45) is -4.51. The third kappa shape index (κ3) is 4.28. The van der Waals surface area contributed by atoms with E-state index in [1.165, 1.54) is 11.3 Å². The van der Waals surface area contributed by atoms with Crippen LogP contribution < -0.4 is 5.48 Å². The van der Waals surface area contributed by atoms with Crippen LogP contribution >= 0.6 is 11.3 Å². The lowest BCUT2D eigenvalue weighted by molar-refractivity contribution is -0.192. The van der Waals surface area contributed by atoms with Crippen LogP contribution in [0.4, 0.5) is 13.2 Å². The van der Waals surface area contributed by atoms with Crippen molar-refractivity contribution in [3.8, 4) is 10.7 Å². The SMILES string of the molecule is O=C(Cn1nnc(-c2cccs2)n1)NOCC(F)(F)F. The Morgan fingerprint density at radius 3 is 2.95 bits per heavy atom. The van der Waals surface area contributed by atoms with Gasteiger partial charge in [0.1, 0.15) is 6.54 Å². The summed E-state index contributed by atoms with van der Waals surface area (Å²) < 4.78 is 35.3. The molecular formula is C9H8F3N5O2S. The van der Waals surface area contributed by atoms with Crippen LogP contribution in [0.3, 0.4) is 0 Å². The number of halogens is 3. The summed E-state index contributed by atoms with van der Waals surface area (Å²) in [4.78, 5) is 17.0. The van der Waals surface area contributed by atoms with Crippen molar-refractivity contribution in [1.29, 1.82) is 0 Å². The molecule has 0 aliphatic rings. The lowest BCUT2D eigenvalue weighted by atomic mass is 10.5. The molecule has 2 rings (SSSR count). The number of aromatic nitrogens is 4. The van der Waals surface area contributed by atoms with E-state index in [2.05, 4.69) is 20.2 Å². The van der Waals surface area contributed by atoms with E-state index in [-0.39, 0.29) is 0 Å². The van der Waals surface area contributed by atoms with Crippen LogP contribution in [0.1, 0.15) is 0 Å². The molecule has 2 aromatic heterocycles. The molecule has 20 heavy (non-hydrogen) atoms. The molecule has 0 saturated carbocycles. The molecule has 2 aromatic rings. The van der Waals surface area contributed by atoms with Crippen LogP contribution in [0.5, 0.6) is 0 Å². The number of carbonyl (C=O) groups excluding carboxylic acids is 1. The van der Waals surface area contributed by atoms with Crippen molar-refractivity contribution in [2.45, 2.75) is 12.7 Å². The Labute approximate surface area is 114 Å². The Morgan fingerprint density at radius 2 is 2.30 bits per heavy atom. The second kappa shape index (κ2) is 5.96. The van der Waals surface area contributed by atoms with Gasteiger partial charge in [-0.05, 0) is 16.7 Å². The molecule has 0 aliphatic heterocycles. The van der Waals surface area contributed by atoms with Crippen LogP contribution in [0.15, 0.2) is 17.5 Å². The van der Waals surface area contributed by atoms with E-state index in [0.29, 0.717) is 5.82 Å². The molecule has 0 bridgehead atoms. The zero-order valence-electron chi connectivity index (χ0n) is 9.79. The number of amides is 1. The molecule has 1 amide bonds. The highest BCUT2D eigenvalue weighted by atomic mass is 32.1. The van der Waals surface area contributed by atoms with Crippen LogP contribution in [-0.4, -0.2) is 38.9 Å². The minimum atomic E-state index is -4.51. The van der Waals surface area contributed by atoms with Crippen molar-refractivity contribution in [3.05, 3.63) is 17.5 Å². The molecule has 0 atom stereocenters. The van der Waals surface area contributed by atoms with Gasteiger partial charge in [-0.1, -0.05) is 6.07 Å². The van der Waals surface area contributed by atoms with Crippen LogP contribution in [0.25, 0.3) is 10.7 Å². The minimum absolute atomic E-state index is 0.337. The first-order valence-corrected chi connectivity index (χ1v) is 6.11. The number of hydrogen-bond donors (Lipinski definition) is 1. The average Bonchev–Trinajstić information content (AvgIpc) is 2.96. The maximum atomic E-state index is 11.8. The summed E-state index contributed by atoms with van der Waals surface area (Å²) in [6.45, 7) is -1.96. The van der Waals surface area contributed by atoms with Crippen molar-refractivity contribution < 1.29 is 22.8 Å². The first-order chi connectivity index (χ1) is 9.44. The van der Waals surface area contributed by atoms with E-state index in [1.54, 1.807) is 17.6 Å². The van der Waals surface area contributed by atoms with Gasteiger partial charge < -0.3 is 0 Å². The number of hydrogen-bond acceptors (Lipinski definition) is 6. The topological polar surface area (TPSA) is 81.9 Å². The standard InChI is InChI=1S/C9H8F3N5O2S/c10-9(11,12)5-19-15-7(18)4-17-14-8(13-16-17)6-2-1-3-20-6/h1-3H,4-5H2,(H,15,18). The Hall–Kier alpha value is -2.01. The smallest absolute Gasteiger partial charge is 0.271 e. The van der Waals surface area contributed by atoms with Gasteiger partial charge in [0.15, 0.2) is 6.61 Å². The second-order valence-corrected chi connectivity index (χ2v) is 4.50. The molecule has 0 unspecified atom stereocenters. The summed E-state index contributed by atoms with van der Waals surface area (Å²) in [5.41, 5.74) is 1.65. The first kappa shape index (κ1) is 14.4. The molecule has 108 valence electrons. The van der Waals surface area contributed by atoms with Crippen LogP contribution in [0, 0.1) is 0 Å². The second-order valence-electron chi connectivity index (χ2n) is 3.55. The zero-order valence-corrected chi connectivity index (χ0v) is 10.6. The van der Waals surface area contributed by atoms with E-state index in [0.717, 1.165) is 9.67 Å². The van der Waals surface area contributed by atoms with Gasteiger partial charge in [-0.15, -0.1) is 21.5 Å². The van der Waals surface area contributed by atoms with Gasteiger partial charge in [-0.2, -0.15) is 18.0 Å². The van der Waals surface area contributed by atoms with E-state index in [1.807, 2.05) is 5.38 Å². The third-order valence-electron chi connectivity index (χ3n) is 1.90. The van der Waals surface area contributed by atoms with Gasteiger partial charge >= 0.3 is 6.18 Å². The van der Waals surface area contributed by atoms with Crippen molar-refractivity contribution >= 4 is 17.2 Å². The molecule has 0 aromatic carbocycles. The lowest BCUT2D eigenvalue weighted by Crippen LogP contribution is -2.32. The molecule has 0 spiro atoms. The van der Waals surface area contributed by atoms with Gasteiger partial charge in [0.05, 0.1) is 4.88 Å². The van der Waals surface area contributed by atoms with E-state index >= 15 is 0 Å². The van der Waals surface area contributed by atoms with Gasteiger partial charge in [0, 0.05) is 0 Å². The number of rotatable bonds is 5. The number of hydroxylamine groups is 1. The van der Waals surface area contributed by atoms with E-state index < -0.39 is 25.2 Å². The molecule has 1 N–H and O–H groups in total. The van der Waals surface area contributed by atoms with Crippen molar-refractivity contribution in [2.24, 2.45) is 0 Å². The fourth-order valence-electron chi connectivity index (χ4n) is 1.17. The average molecular weight is 307 g/mol. The maximum absolute atomic E-state index is 11.8. The molecule has 0 radical (unpaired) electrons. The normalized spacial score (nSPS) is 11.6. The number of thiophene rings is 1. The Balaban J connectivity index is 1.83. The first-order valence-electron chi connectivity index (χ1n) is 5.23. The maximum Gasteiger partial charge on any atom is 0.414 e. The highest BCUT2D eigenvalue weighted by Gasteiger charge is 2.28. The summed E-state index contributed by atoms with van der Waals surface area (Å²) in [7, 11) is 0. The molecule has 0 aliphatic carbocycles. The van der Waals surface area contributed by atoms with Crippen LogP contribution in [0.2, 0.25) is 0 Å². The van der Waals surface area contributed by atoms with Crippen molar-refractivity contribution in [1.82, 2.24) is 25.7 Å². The molecular weight excluding hydrogens is 299 g/mol. The lowest BCUT2D eigenvalue weighted by Gasteiger charge is -2.07. The van der Waals surface area contributed by atoms with E-state index in [9.17, 15) is 18.0 Å².